The topological polar surface area (TPSA) is 38.1 Å². The van der Waals surface area contributed by atoms with Crippen LogP contribution in [0.2, 0.25) is 0 Å². The Bertz CT molecular complexity index is 673. The summed E-state index contributed by atoms with van der Waals surface area (Å²) in [6.45, 7) is 2.74. The molecule has 0 saturated carbocycles. The number of benzene rings is 1. The van der Waals surface area contributed by atoms with Gasteiger partial charge in [-0.2, -0.15) is 0 Å². The van der Waals surface area contributed by atoms with Crippen molar-refractivity contribution < 1.29 is 4.42 Å². The van der Waals surface area contributed by atoms with Crippen LogP contribution in [0.25, 0.3) is 11.0 Å². The van der Waals surface area contributed by atoms with Crippen LogP contribution in [0.15, 0.2) is 53.3 Å². The summed E-state index contributed by atoms with van der Waals surface area (Å²) in [5, 5.41) is 4.54. The summed E-state index contributed by atoms with van der Waals surface area (Å²) in [7, 11) is 0. The van der Waals surface area contributed by atoms with Crippen molar-refractivity contribution in [1.82, 2.24) is 4.98 Å². The summed E-state index contributed by atoms with van der Waals surface area (Å²) in [5.41, 5.74) is 4.15. The maximum atomic E-state index is 5.51. The van der Waals surface area contributed by atoms with Gasteiger partial charge < -0.3 is 9.73 Å². The van der Waals surface area contributed by atoms with Crippen LogP contribution < -0.4 is 5.32 Å². The summed E-state index contributed by atoms with van der Waals surface area (Å²) >= 11 is 0. The first-order valence-electron chi connectivity index (χ1n) is 5.95. The van der Waals surface area contributed by atoms with Gasteiger partial charge in [-0.05, 0) is 25.1 Å². The molecule has 0 saturated heterocycles. The maximum absolute atomic E-state index is 5.51. The lowest BCUT2D eigenvalue weighted by molar-refractivity contribution is 0.611. The lowest BCUT2D eigenvalue weighted by Crippen LogP contribution is -2.01. The van der Waals surface area contributed by atoms with Gasteiger partial charge in [0.25, 0.3) is 0 Å². The number of aromatic nitrogens is 1. The number of nitrogens with zero attached hydrogens (tertiary/aromatic N) is 1. The second-order valence-corrected chi connectivity index (χ2v) is 4.25. The number of pyridine rings is 1. The Hall–Kier alpha value is -2.29. The van der Waals surface area contributed by atoms with Gasteiger partial charge in [-0.15, -0.1) is 0 Å². The van der Waals surface area contributed by atoms with Gasteiger partial charge in [0.1, 0.15) is 5.58 Å². The highest BCUT2D eigenvalue weighted by Gasteiger charge is 2.05. The molecule has 3 rings (SSSR count). The molecule has 1 aromatic carbocycles. The Balaban J connectivity index is 1.83. The number of anilines is 1. The number of furan rings is 1. The molecule has 0 aliphatic carbocycles. The number of fused-ring (bicyclic) bond motifs is 1. The van der Waals surface area contributed by atoms with E-state index in [1.807, 2.05) is 43.5 Å². The van der Waals surface area contributed by atoms with E-state index in [2.05, 4.69) is 16.4 Å². The van der Waals surface area contributed by atoms with Gasteiger partial charge in [-0.25, -0.2) is 0 Å². The van der Waals surface area contributed by atoms with E-state index < -0.39 is 0 Å². The molecule has 2 aromatic heterocycles. The van der Waals surface area contributed by atoms with Crippen LogP contribution in [-0.4, -0.2) is 4.98 Å². The second-order valence-electron chi connectivity index (χ2n) is 4.25. The van der Waals surface area contributed by atoms with Gasteiger partial charge in [-0.3, -0.25) is 4.98 Å². The number of para-hydroxylation sites is 1. The van der Waals surface area contributed by atoms with Gasteiger partial charge in [0, 0.05) is 23.7 Å². The zero-order valence-electron chi connectivity index (χ0n) is 10.2. The van der Waals surface area contributed by atoms with Crippen LogP contribution in [0.4, 0.5) is 5.69 Å². The minimum absolute atomic E-state index is 0.740. The first kappa shape index (κ1) is 10.8. The van der Waals surface area contributed by atoms with E-state index in [1.54, 1.807) is 6.20 Å². The Morgan fingerprint density at radius 3 is 2.94 bits per heavy atom. The minimum Gasteiger partial charge on any atom is -0.464 e. The van der Waals surface area contributed by atoms with E-state index in [-0.39, 0.29) is 0 Å². The monoisotopic (exact) mass is 238 g/mol. The van der Waals surface area contributed by atoms with Gasteiger partial charge in [0.05, 0.1) is 17.6 Å². The van der Waals surface area contributed by atoms with E-state index in [9.17, 15) is 0 Å². The lowest BCUT2D eigenvalue weighted by Gasteiger charge is -2.07. The van der Waals surface area contributed by atoms with Crippen LogP contribution in [0.1, 0.15) is 11.3 Å². The van der Waals surface area contributed by atoms with E-state index in [4.69, 9.17) is 4.42 Å². The highest BCUT2D eigenvalue weighted by atomic mass is 16.3. The van der Waals surface area contributed by atoms with E-state index in [0.717, 1.165) is 34.5 Å². The maximum Gasteiger partial charge on any atom is 0.134 e. The standard InChI is InChI=1S/C15H14N2O/c1-11-14(6-4-8-16-11)17-9-12-10-18-15-7-3-2-5-13(12)15/h2-8,10,17H,9H2,1H3. The molecule has 0 bridgehead atoms. The fourth-order valence-corrected chi connectivity index (χ4v) is 2.03. The molecule has 0 amide bonds. The summed E-state index contributed by atoms with van der Waals surface area (Å²) in [6, 6.07) is 12.0. The molecular weight excluding hydrogens is 224 g/mol. The second kappa shape index (κ2) is 4.53. The summed E-state index contributed by atoms with van der Waals surface area (Å²) < 4.78 is 5.51. The molecule has 18 heavy (non-hydrogen) atoms. The normalized spacial score (nSPS) is 10.7. The molecule has 3 aromatic rings. The zero-order valence-corrected chi connectivity index (χ0v) is 10.2. The minimum atomic E-state index is 0.740. The molecule has 0 unspecified atom stereocenters. The van der Waals surface area contributed by atoms with Gasteiger partial charge >= 0.3 is 0 Å². The molecule has 3 heteroatoms. The van der Waals surface area contributed by atoms with Crippen molar-refractivity contribution in [2.75, 3.05) is 5.32 Å². The van der Waals surface area contributed by atoms with E-state index in [1.165, 1.54) is 0 Å². The number of rotatable bonds is 3. The zero-order chi connectivity index (χ0) is 12.4. The predicted molar refractivity (Wildman–Crippen MR) is 72.5 cm³/mol. The van der Waals surface area contributed by atoms with Crippen LogP contribution in [0.5, 0.6) is 0 Å². The number of aryl methyl sites for hydroxylation is 1. The Morgan fingerprint density at radius 1 is 1.17 bits per heavy atom. The third-order valence-electron chi connectivity index (χ3n) is 3.04. The van der Waals surface area contributed by atoms with E-state index >= 15 is 0 Å². The Morgan fingerprint density at radius 2 is 2.06 bits per heavy atom. The van der Waals surface area contributed by atoms with Crippen molar-refractivity contribution in [3.63, 3.8) is 0 Å². The summed E-state index contributed by atoms with van der Waals surface area (Å²) in [4.78, 5) is 4.26. The van der Waals surface area contributed by atoms with Crippen molar-refractivity contribution in [2.45, 2.75) is 13.5 Å². The fourth-order valence-electron chi connectivity index (χ4n) is 2.03. The molecule has 0 spiro atoms. The summed E-state index contributed by atoms with van der Waals surface area (Å²) in [5.74, 6) is 0. The van der Waals surface area contributed by atoms with Crippen molar-refractivity contribution >= 4 is 16.7 Å². The number of hydrogen-bond donors (Lipinski definition) is 1. The molecule has 3 nitrogen and oxygen atoms in total. The molecule has 2 heterocycles. The van der Waals surface area contributed by atoms with Crippen molar-refractivity contribution in [2.24, 2.45) is 0 Å². The summed E-state index contributed by atoms with van der Waals surface area (Å²) in [6.07, 6.45) is 3.61. The molecule has 90 valence electrons. The molecule has 0 atom stereocenters. The molecule has 1 N–H and O–H groups in total. The van der Waals surface area contributed by atoms with Crippen LogP contribution in [0.3, 0.4) is 0 Å². The predicted octanol–water partition coefficient (Wildman–Crippen LogP) is 3.75. The highest BCUT2D eigenvalue weighted by molar-refractivity contribution is 5.81. The third-order valence-corrected chi connectivity index (χ3v) is 3.04. The molecule has 0 aliphatic rings. The van der Waals surface area contributed by atoms with Crippen molar-refractivity contribution in [3.8, 4) is 0 Å². The van der Waals surface area contributed by atoms with Crippen molar-refractivity contribution in [1.29, 1.82) is 0 Å². The smallest absolute Gasteiger partial charge is 0.134 e. The first-order chi connectivity index (χ1) is 8.84. The average molecular weight is 238 g/mol. The fraction of sp³-hybridized carbons (Fsp3) is 0.133. The molecule has 0 fully saturated rings. The Labute approximate surface area is 105 Å². The quantitative estimate of drug-likeness (QED) is 0.755. The molecule has 0 aliphatic heterocycles. The van der Waals surface area contributed by atoms with Crippen LogP contribution in [0, 0.1) is 6.92 Å². The van der Waals surface area contributed by atoms with Gasteiger partial charge in [0.2, 0.25) is 0 Å². The molecular formula is C15H14N2O. The van der Waals surface area contributed by atoms with Crippen LogP contribution >= 0.6 is 0 Å². The van der Waals surface area contributed by atoms with Crippen molar-refractivity contribution in [3.05, 3.63) is 60.1 Å². The SMILES string of the molecule is Cc1ncccc1NCc1coc2ccccc12. The third kappa shape index (κ3) is 1.95. The number of nitrogens with one attached hydrogen (secondary N) is 1. The first-order valence-corrected chi connectivity index (χ1v) is 5.95. The van der Waals surface area contributed by atoms with Gasteiger partial charge in [0.15, 0.2) is 0 Å². The number of hydrogen-bond acceptors (Lipinski definition) is 3. The Kier molecular flexibility index (Phi) is 2.73. The molecule has 0 radical (unpaired) electrons. The van der Waals surface area contributed by atoms with E-state index in [0.29, 0.717) is 0 Å². The van der Waals surface area contributed by atoms with Crippen LogP contribution in [-0.2, 0) is 6.54 Å². The largest absolute Gasteiger partial charge is 0.464 e. The van der Waals surface area contributed by atoms with Gasteiger partial charge in [-0.1, -0.05) is 18.2 Å². The average Bonchev–Trinajstić information content (AvgIpc) is 2.81. The highest BCUT2D eigenvalue weighted by Crippen LogP contribution is 2.22. The lowest BCUT2D eigenvalue weighted by atomic mass is 10.2.